The summed E-state index contributed by atoms with van der Waals surface area (Å²) in [5.74, 6) is 0.400. The molecule has 124 valence electrons. The Morgan fingerprint density at radius 2 is 1.48 bits per heavy atom. The molecule has 2 aromatic carbocycles. The maximum atomic E-state index is 10.5. The first kappa shape index (κ1) is 18.9. The molecule has 1 atom stereocenters. The van der Waals surface area contributed by atoms with Crippen molar-refractivity contribution in [2.75, 3.05) is 14.1 Å². The number of hydrogen-bond acceptors (Lipinski definition) is 3. The minimum absolute atomic E-state index is 0.0844. The normalized spacial score (nSPS) is 12.7. The number of nitrogens with zero attached hydrogens (tertiary/aromatic N) is 2. The van der Waals surface area contributed by atoms with Gasteiger partial charge in [0, 0.05) is 12.6 Å². The predicted molar refractivity (Wildman–Crippen MR) is 94.7 cm³/mol. The lowest BCUT2D eigenvalue weighted by Gasteiger charge is -2.26. The number of hydrogen-bond donors (Lipinski definition) is 1. The molecule has 2 aromatic rings. The fourth-order valence-corrected chi connectivity index (χ4v) is 2.43. The second kappa shape index (κ2) is 9.77. The second-order valence-electron chi connectivity index (χ2n) is 5.76. The van der Waals surface area contributed by atoms with Crippen molar-refractivity contribution in [3.05, 3.63) is 77.0 Å². The molecular weight excluding hydrogens is 288 g/mol. The second-order valence-corrected chi connectivity index (χ2v) is 5.76. The van der Waals surface area contributed by atoms with Crippen LogP contribution < -0.4 is 0 Å². The van der Waals surface area contributed by atoms with E-state index in [0.29, 0.717) is 5.92 Å². The van der Waals surface area contributed by atoms with E-state index in [1.807, 2.05) is 60.7 Å². The molecule has 0 amide bonds. The average Bonchev–Trinajstić information content (AvgIpc) is 2.48. The van der Waals surface area contributed by atoms with Gasteiger partial charge in [0.05, 0.1) is 6.04 Å². The van der Waals surface area contributed by atoms with Crippen LogP contribution in [0, 0.1) is 11.1 Å². The van der Waals surface area contributed by atoms with Crippen LogP contribution in [-0.4, -0.2) is 35.3 Å². The van der Waals surface area contributed by atoms with Crippen molar-refractivity contribution in [2.45, 2.75) is 19.9 Å². The van der Waals surface area contributed by atoms with Crippen LogP contribution in [0.4, 0.5) is 0 Å². The van der Waals surface area contributed by atoms with Gasteiger partial charge in [0.1, 0.15) is 7.05 Å². The molecule has 0 aliphatic rings. The summed E-state index contributed by atoms with van der Waals surface area (Å²) in [6, 6.07) is 19.6. The van der Waals surface area contributed by atoms with Crippen LogP contribution in [-0.2, 0) is 0 Å². The first-order valence-corrected chi connectivity index (χ1v) is 7.68. The molecule has 0 fully saturated rings. The summed E-state index contributed by atoms with van der Waals surface area (Å²) < 4.78 is 0.787. The summed E-state index contributed by atoms with van der Waals surface area (Å²) in [6.45, 7) is 4.20. The predicted octanol–water partition coefficient (Wildman–Crippen LogP) is 3.95. The molecule has 0 aromatic heterocycles. The van der Waals surface area contributed by atoms with Crippen molar-refractivity contribution in [1.29, 1.82) is 0 Å². The highest BCUT2D eigenvalue weighted by atomic mass is 16.5. The minimum atomic E-state index is 0.0844. The summed E-state index contributed by atoms with van der Waals surface area (Å²) in [5.41, 5.74) is 2.09. The van der Waals surface area contributed by atoms with E-state index < -0.39 is 0 Å². The van der Waals surface area contributed by atoms with Crippen LogP contribution in [0.25, 0.3) is 0 Å². The highest BCUT2D eigenvalue weighted by Gasteiger charge is 2.18. The zero-order valence-corrected chi connectivity index (χ0v) is 14.3. The summed E-state index contributed by atoms with van der Waals surface area (Å²) in [4.78, 5) is 0. The fourth-order valence-electron chi connectivity index (χ4n) is 2.43. The largest absolute Gasteiger partial charge is 0.624 e. The third kappa shape index (κ3) is 7.08. The Balaban J connectivity index is 0.000000238. The van der Waals surface area contributed by atoms with Gasteiger partial charge in [-0.05, 0) is 23.6 Å². The van der Waals surface area contributed by atoms with Crippen LogP contribution >= 0.6 is 0 Å². The molecule has 0 bridgehead atoms. The molecule has 0 saturated carbocycles. The van der Waals surface area contributed by atoms with Gasteiger partial charge < -0.3 is 10.4 Å². The molecule has 4 heteroatoms. The molecular formula is C19H26N2O2. The molecule has 23 heavy (non-hydrogen) atoms. The quantitative estimate of drug-likeness (QED) is 0.402. The third-order valence-corrected chi connectivity index (χ3v) is 3.31. The SMILES string of the molecule is C/[N+]([O-])=C\c1ccccc1.CC(C)C(c1ccccc1)N(C)O. The van der Waals surface area contributed by atoms with E-state index in [2.05, 4.69) is 13.8 Å². The van der Waals surface area contributed by atoms with Crippen molar-refractivity contribution in [3.8, 4) is 0 Å². The van der Waals surface area contributed by atoms with Gasteiger partial charge in [0.25, 0.3) is 0 Å². The van der Waals surface area contributed by atoms with E-state index in [4.69, 9.17) is 0 Å². The van der Waals surface area contributed by atoms with Crippen molar-refractivity contribution < 1.29 is 9.95 Å². The standard InChI is InChI=1S/C11H17NO.C8H9NO/c1-9(2)11(12(3)13)10-7-5-4-6-8-10;1-9(10)7-8-5-3-2-4-6-8/h4-9,11,13H,1-3H3;2-7H,1H3/b;9-7+. The van der Waals surface area contributed by atoms with Gasteiger partial charge in [-0.2, -0.15) is 5.06 Å². The Hall–Kier alpha value is -2.17. The molecule has 0 aliphatic carbocycles. The summed E-state index contributed by atoms with van der Waals surface area (Å²) in [5, 5.41) is 21.2. The summed E-state index contributed by atoms with van der Waals surface area (Å²) >= 11 is 0. The van der Waals surface area contributed by atoms with Gasteiger partial charge in [-0.25, -0.2) is 4.74 Å². The molecule has 0 saturated heterocycles. The maximum absolute atomic E-state index is 10.5. The van der Waals surface area contributed by atoms with E-state index in [-0.39, 0.29) is 6.04 Å². The first-order chi connectivity index (χ1) is 10.9. The van der Waals surface area contributed by atoms with Gasteiger partial charge in [-0.15, -0.1) is 0 Å². The van der Waals surface area contributed by atoms with Gasteiger partial charge in [-0.1, -0.05) is 62.4 Å². The monoisotopic (exact) mass is 314 g/mol. The molecule has 0 spiro atoms. The van der Waals surface area contributed by atoms with Crippen LogP contribution in [0.15, 0.2) is 60.7 Å². The van der Waals surface area contributed by atoms with Crippen molar-refractivity contribution >= 4 is 6.21 Å². The maximum Gasteiger partial charge on any atom is 0.181 e. The topological polar surface area (TPSA) is 49.5 Å². The zero-order chi connectivity index (χ0) is 17.2. The summed E-state index contributed by atoms with van der Waals surface area (Å²) in [6.07, 6.45) is 1.53. The molecule has 0 aliphatic heterocycles. The van der Waals surface area contributed by atoms with E-state index in [1.54, 1.807) is 7.05 Å². The lowest BCUT2D eigenvalue weighted by molar-refractivity contribution is -0.416. The van der Waals surface area contributed by atoms with E-state index in [9.17, 15) is 10.4 Å². The van der Waals surface area contributed by atoms with E-state index in [0.717, 1.165) is 15.9 Å². The third-order valence-electron chi connectivity index (χ3n) is 3.31. The lowest BCUT2D eigenvalue weighted by atomic mass is 9.96. The molecule has 0 radical (unpaired) electrons. The van der Waals surface area contributed by atoms with Gasteiger partial charge in [-0.3, -0.25) is 0 Å². The van der Waals surface area contributed by atoms with Crippen molar-refractivity contribution in [3.63, 3.8) is 0 Å². The first-order valence-electron chi connectivity index (χ1n) is 7.68. The Morgan fingerprint density at radius 1 is 1.00 bits per heavy atom. The number of benzene rings is 2. The molecule has 1 unspecified atom stereocenters. The van der Waals surface area contributed by atoms with Gasteiger partial charge in [0.2, 0.25) is 0 Å². The van der Waals surface area contributed by atoms with Crippen LogP contribution in [0.5, 0.6) is 0 Å². The van der Waals surface area contributed by atoms with Crippen molar-refractivity contribution in [2.24, 2.45) is 5.92 Å². The van der Waals surface area contributed by atoms with Gasteiger partial charge >= 0.3 is 0 Å². The smallest absolute Gasteiger partial charge is 0.181 e. The summed E-state index contributed by atoms with van der Waals surface area (Å²) in [7, 11) is 3.16. The number of hydroxylamine groups is 3. The number of rotatable bonds is 4. The Bertz CT molecular complexity index is 569. The van der Waals surface area contributed by atoms with Crippen molar-refractivity contribution in [1.82, 2.24) is 5.06 Å². The molecule has 1 N–H and O–H groups in total. The average molecular weight is 314 g/mol. The Morgan fingerprint density at radius 3 is 1.87 bits per heavy atom. The van der Waals surface area contributed by atoms with Crippen LogP contribution in [0.3, 0.4) is 0 Å². The highest BCUT2D eigenvalue weighted by Crippen LogP contribution is 2.25. The van der Waals surface area contributed by atoms with Crippen LogP contribution in [0.1, 0.15) is 31.0 Å². The van der Waals surface area contributed by atoms with Crippen LogP contribution in [0.2, 0.25) is 0 Å². The fraction of sp³-hybridized carbons (Fsp3) is 0.316. The molecule has 0 heterocycles. The molecule has 2 rings (SSSR count). The highest BCUT2D eigenvalue weighted by molar-refractivity contribution is 5.75. The van der Waals surface area contributed by atoms with Gasteiger partial charge in [0.15, 0.2) is 6.21 Å². The zero-order valence-electron chi connectivity index (χ0n) is 14.3. The lowest BCUT2D eigenvalue weighted by Crippen LogP contribution is -2.25. The minimum Gasteiger partial charge on any atom is -0.624 e. The Kier molecular flexibility index (Phi) is 8.02. The molecule has 4 nitrogen and oxygen atoms in total. The van der Waals surface area contributed by atoms with E-state index >= 15 is 0 Å². The Labute approximate surface area is 138 Å². The van der Waals surface area contributed by atoms with E-state index in [1.165, 1.54) is 18.3 Å².